The van der Waals surface area contributed by atoms with Crippen molar-refractivity contribution in [1.82, 2.24) is 5.32 Å². The van der Waals surface area contributed by atoms with Crippen molar-refractivity contribution in [2.24, 2.45) is 10.9 Å². The zero-order chi connectivity index (χ0) is 14.3. The molecule has 1 aromatic carbocycles. The van der Waals surface area contributed by atoms with Crippen molar-refractivity contribution in [1.29, 1.82) is 0 Å². The zero-order valence-electron chi connectivity index (χ0n) is 11.4. The van der Waals surface area contributed by atoms with Crippen molar-refractivity contribution in [2.45, 2.75) is 39.2 Å². The minimum absolute atomic E-state index is 0.0187. The fourth-order valence-electron chi connectivity index (χ4n) is 1.81. The molecule has 0 saturated heterocycles. The van der Waals surface area contributed by atoms with E-state index in [0.29, 0.717) is 12.0 Å². The second-order valence-corrected chi connectivity index (χ2v) is 4.44. The van der Waals surface area contributed by atoms with Gasteiger partial charge in [0.15, 0.2) is 5.84 Å². The van der Waals surface area contributed by atoms with Gasteiger partial charge in [0.05, 0.1) is 6.42 Å². The lowest BCUT2D eigenvalue weighted by Gasteiger charge is -2.14. The van der Waals surface area contributed by atoms with Crippen LogP contribution in [0.15, 0.2) is 29.4 Å². The van der Waals surface area contributed by atoms with Crippen molar-refractivity contribution in [3.05, 3.63) is 35.4 Å². The molecule has 0 atom stereocenters. The van der Waals surface area contributed by atoms with Gasteiger partial charge in [0.1, 0.15) is 0 Å². The largest absolute Gasteiger partial charge is 0.409 e. The van der Waals surface area contributed by atoms with E-state index >= 15 is 0 Å². The number of hydrogen-bond donors (Lipinski definition) is 3. The van der Waals surface area contributed by atoms with E-state index in [0.717, 1.165) is 18.4 Å². The van der Waals surface area contributed by atoms with Crippen molar-refractivity contribution in [3.8, 4) is 0 Å². The van der Waals surface area contributed by atoms with Crippen LogP contribution < -0.4 is 11.1 Å². The highest BCUT2D eigenvalue weighted by molar-refractivity contribution is 5.97. The Morgan fingerprint density at radius 3 is 2.37 bits per heavy atom. The number of carbonyl (C=O) groups excluding carboxylic acids is 1. The number of amidine groups is 1. The number of carbonyl (C=O) groups is 1. The Morgan fingerprint density at radius 2 is 1.89 bits per heavy atom. The molecule has 1 amide bonds. The Balaban J connectivity index is 2.60. The minimum atomic E-state index is 0.0187. The highest BCUT2D eigenvalue weighted by Crippen LogP contribution is 2.06. The Hall–Kier alpha value is -2.04. The standard InChI is InChI=1S/C14H21N3O2/c1-3-12(4-2)16-13(18)9-10-5-7-11(8-6-10)14(15)17-19/h5-8,12,19H,3-4,9H2,1-2H3,(H2,15,17)(H,16,18). The van der Waals surface area contributed by atoms with Crippen LogP contribution in [0.1, 0.15) is 37.8 Å². The number of nitrogens with two attached hydrogens (primary N) is 1. The molecule has 19 heavy (non-hydrogen) atoms. The van der Waals surface area contributed by atoms with Crippen LogP contribution in [-0.2, 0) is 11.2 Å². The molecule has 0 aromatic heterocycles. The first-order chi connectivity index (χ1) is 9.10. The monoisotopic (exact) mass is 263 g/mol. The second kappa shape index (κ2) is 7.41. The number of hydrogen-bond acceptors (Lipinski definition) is 3. The summed E-state index contributed by atoms with van der Waals surface area (Å²) in [5.74, 6) is 0.0817. The number of benzene rings is 1. The van der Waals surface area contributed by atoms with E-state index in [4.69, 9.17) is 10.9 Å². The maximum absolute atomic E-state index is 11.8. The van der Waals surface area contributed by atoms with E-state index in [1.807, 2.05) is 0 Å². The molecule has 5 heteroatoms. The zero-order valence-corrected chi connectivity index (χ0v) is 11.4. The van der Waals surface area contributed by atoms with Gasteiger partial charge in [0.25, 0.3) is 0 Å². The smallest absolute Gasteiger partial charge is 0.224 e. The average Bonchev–Trinajstić information content (AvgIpc) is 2.44. The summed E-state index contributed by atoms with van der Waals surface area (Å²) in [4.78, 5) is 11.8. The van der Waals surface area contributed by atoms with Gasteiger partial charge in [0.2, 0.25) is 5.91 Å². The van der Waals surface area contributed by atoms with E-state index in [2.05, 4.69) is 24.3 Å². The highest BCUT2D eigenvalue weighted by Gasteiger charge is 2.09. The summed E-state index contributed by atoms with van der Waals surface area (Å²) in [6, 6.07) is 7.31. The number of amides is 1. The van der Waals surface area contributed by atoms with E-state index in [9.17, 15) is 4.79 Å². The van der Waals surface area contributed by atoms with Crippen LogP contribution in [-0.4, -0.2) is 23.0 Å². The average molecular weight is 263 g/mol. The van der Waals surface area contributed by atoms with Gasteiger partial charge in [-0.1, -0.05) is 43.3 Å². The third-order valence-electron chi connectivity index (χ3n) is 3.07. The van der Waals surface area contributed by atoms with Crippen LogP contribution in [0.5, 0.6) is 0 Å². The van der Waals surface area contributed by atoms with Crippen LogP contribution in [0.2, 0.25) is 0 Å². The van der Waals surface area contributed by atoms with Crippen LogP contribution >= 0.6 is 0 Å². The summed E-state index contributed by atoms with van der Waals surface area (Å²) in [7, 11) is 0. The first-order valence-corrected chi connectivity index (χ1v) is 6.46. The summed E-state index contributed by atoms with van der Waals surface area (Å²) in [5.41, 5.74) is 7.00. The molecule has 0 spiro atoms. The Kier molecular flexibility index (Phi) is 5.85. The molecule has 0 aliphatic rings. The van der Waals surface area contributed by atoms with Crippen LogP contribution in [0.25, 0.3) is 0 Å². The lowest BCUT2D eigenvalue weighted by atomic mass is 10.1. The van der Waals surface area contributed by atoms with Gasteiger partial charge in [-0.15, -0.1) is 0 Å². The number of nitrogens with one attached hydrogen (secondary N) is 1. The minimum Gasteiger partial charge on any atom is -0.409 e. The van der Waals surface area contributed by atoms with Crippen molar-refractivity contribution < 1.29 is 10.0 Å². The van der Waals surface area contributed by atoms with Crippen molar-refractivity contribution >= 4 is 11.7 Å². The van der Waals surface area contributed by atoms with Gasteiger partial charge >= 0.3 is 0 Å². The molecule has 0 radical (unpaired) electrons. The van der Waals surface area contributed by atoms with Crippen molar-refractivity contribution in [2.75, 3.05) is 0 Å². The van der Waals surface area contributed by atoms with Gasteiger partial charge in [-0.2, -0.15) is 0 Å². The number of rotatable bonds is 6. The quantitative estimate of drug-likeness (QED) is 0.315. The maximum atomic E-state index is 11.8. The lowest BCUT2D eigenvalue weighted by molar-refractivity contribution is -0.121. The summed E-state index contributed by atoms with van der Waals surface area (Å²) in [5, 5.41) is 14.5. The normalized spacial score (nSPS) is 11.6. The summed E-state index contributed by atoms with van der Waals surface area (Å²) in [6.07, 6.45) is 2.21. The fraction of sp³-hybridized carbons (Fsp3) is 0.429. The Morgan fingerprint density at radius 1 is 1.32 bits per heavy atom. The summed E-state index contributed by atoms with van der Waals surface area (Å²) >= 11 is 0. The SMILES string of the molecule is CCC(CC)NC(=O)Cc1ccc(/C(N)=N/O)cc1. The lowest BCUT2D eigenvalue weighted by Crippen LogP contribution is -2.34. The van der Waals surface area contributed by atoms with E-state index < -0.39 is 0 Å². The number of oxime groups is 1. The van der Waals surface area contributed by atoms with Gasteiger partial charge in [-0.3, -0.25) is 4.79 Å². The third kappa shape index (κ3) is 4.62. The van der Waals surface area contributed by atoms with Crippen molar-refractivity contribution in [3.63, 3.8) is 0 Å². The van der Waals surface area contributed by atoms with Crippen LogP contribution in [0, 0.1) is 0 Å². The third-order valence-corrected chi connectivity index (χ3v) is 3.07. The van der Waals surface area contributed by atoms with Crippen LogP contribution in [0.3, 0.4) is 0 Å². The molecular formula is C14H21N3O2. The summed E-state index contributed by atoms with van der Waals surface area (Å²) < 4.78 is 0. The fourth-order valence-corrected chi connectivity index (χ4v) is 1.81. The molecule has 0 aliphatic carbocycles. The molecule has 0 aliphatic heterocycles. The molecule has 104 valence electrons. The molecule has 1 aromatic rings. The van der Waals surface area contributed by atoms with E-state index in [1.54, 1.807) is 24.3 Å². The van der Waals surface area contributed by atoms with Crippen LogP contribution in [0.4, 0.5) is 0 Å². The molecule has 0 unspecified atom stereocenters. The topological polar surface area (TPSA) is 87.7 Å². The highest BCUT2D eigenvalue weighted by atomic mass is 16.4. The predicted molar refractivity (Wildman–Crippen MR) is 75.2 cm³/mol. The molecule has 0 saturated carbocycles. The second-order valence-electron chi connectivity index (χ2n) is 4.44. The summed E-state index contributed by atoms with van der Waals surface area (Å²) in [6.45, 7) is 4.11. The maximum Gasteiger partial charge on any atom is 0.224 e. The Bertz CT molecular complexity index is 437. The number of nitrogens with zero attached hydrogens (tertiary/aromatic N) is 1. The first-order valence-electron chi connectivity index (χ1n) is 6.46. The molecular weight excluding hydrogens is 242 g/mol. The van der Waals surface area contributed by atoms with Gasteiger partial charge in [-0.25, -0.2) is 0 Å². The van der Waals surface area contributed by atoms with Gasteiger partial charge < -0.3 is 16.3 Å². The molecule has 0 bridgehead atoms. The van der Waals surface area contributed by atoms with Gasteiger partial charge in [-0.05, 0) is 18.4 Å². The molecule has 5 nitrogen and oxygen atoms in total. The molecule has 1 rings (SSSR count). The predicted octanol–water partition coefficient (Wildman–Crippen LogP) is 1.63. The first kappa shape index (κ1) is 15.0. The molecule has 0 heterocycles. The molecule has 4 N–H and O–H groups in total. The Labute approximate surface area is 113 Å². The molecule has 0 fully saturated rings. The van der Waals surface area contributed by atoms with Gasteiger partial charge in [0, 0.05) is 11.6 Å². The van der Waals surface area contributed by atoms with E-state index in [-0.39, 0.29) is 17.8 Å². The van der Waals surface area contributed by atoms with E-state index in [1.165, 1.54) is 0 Å².